The highest BCUT2D eigenvalue weighted by Crippen LogP contribution is 2.34. The quantitative estimate of drug-likeness (QED) is 0.814. The fraction of sp³-hybridized carbons (Fsp3) is 0.538. The molecule has 0 spiro atoms. The molecule has 1 N–H and O–H groups in total. The van der Waals surface area contributed by atoms with Crippen LogP contribution in [0.5, 0.6) is 5.75 Å². The highest BCUT2D eigenvalue weighted by atomic mass is 16.5. The van der Waals surface area contributed by atoms with Crippen molar-refractivity contribution in [2.24, 2.45) is 5.92 Å². The van der Waals surface area contributed by atoms with Crippen molar-refractivity contribution in [3.63, 3.8) is 0 Å². The second kappa shape index (κ2) is 3.98. The van der Waals surface area contributed by atoms with Crippen molar-refractivity contribution < 1.29 is 4.74 Å². The second-order valence-electron chi connectivity index (χ2n) is 4.69. The molecule has 2 saturated heterocycles. The van der Waals surface area contributed by atoms with E-state index in [1.54, 1.807) is 7.11 Å². The van der Waals surface area contributed by atoms with E-state index in [0.717, 1.165) is 24.8 Å². The van der Waals surface area contributed by atoms with Crippen molar-refractivity contribution >= 4 is 5.69 Å². The molecule has 2 atom stereocenters. The fourth-order valence-electron chi connectivity index (χ4n) is 2.94. The van der Waals surface area contributed by atoms with Crippen LogP contribution in [-0.2, 0) is 0 Å². The maximum Gasteiger partial charge on any atom is 0.142 e. The number of fused-ring (bicyclic) bond motifs is 1. The Hall–Kier alpha value is -1.22. The lowest BCUT2D eigenvalue weighted by molar-refractivity contribution is 0.414. The highest BCUT2D eigenvalue weighted by molar-refractivity contribution is 5.59. The number of nitrogens with one attached hydrogen (secondary N) is 1. The molecule has 1 aromatic carbocycles. The van der Waals surface area contributed by atoms with Gasteiger partial charge >= 0.3 is 0 Å². The Bertz CT molecular complexity index is 368. The minimum absolute atomic E-state index is 0.685. The number of anilines is 1. The maximum atomic E-state index is 5.42. The van der Waals surface area contributed by atoms with Crippen LogP contribution in [0.15, 0.2) is 24.3 Å². The van der Waals surface area contributed by atoms with E-state index in [1.165, 1.54) is 18.7 Å². The Kier molecular flexibility index (Phi) is 2.48. The molecule has 3 nitrogen and oxygen atoms in total. The van der Waals surface area contributed by atoms with Gasteiger partial charge in [0.15, 0.2) is 0 Å². The molecule has 0 aliphatic carbocycles. The average molecular weight is 218 g/mol. The first-order chi connectivity index (χ1) is 7.88. The zero-order valence-corrected chi connectivity index (χ0v) is 9.65. The molecule has 0 saturated carbocycles. The van der Waals surface area contributed by atoms with E-state index in [2.05, 4.69) is 22.3 Å². The molecule has 0 amide bonds. The molecule has 2 unspecified atom stereocenters. The minimum atomic E-state index is 0.685. The van der Waals surface area contributed by atoms with Crippen LogP contribution < -0.4 is 15.0 Å². The summed E-state index contributed by atoms with van der Waals surface area (Å²) in [5.74, 6) is 1.81. The van der Waals surface area contributed by atoms with E-state index < -0.39 is 0 Å². The summed E-state index contributed by atoms with van der Waals surface area (Å²) in [6.45, 7) is 3.47. The molecule has 86 valence electrons. The summed E-state index contributed by atoms with van der Waals surface area (Å²) in [5.41, 5.74) is 1.24. The molecule has 2 heterocycles. The number of methoxy groups -OCH3 is 1. The van der Waals surface area contributed by atoms with Gasteiger partial charge in [0.2, 0.25) is 0 Å². The monoisotopic (exact) mass is 218 g/mol. The van der Waals surface area contributed by atoms with Gasteiger partial charge in [0.05, 0.1) is 12.8 Å². The van der Waals surface area contributed by atoms with Gasteiger partial charge < -0.3 is 15.0 Å². The Morgan fingerprint density at radius 2 is 2.19 bits per heavy atom. The number of ether oxygens (including phenoxy) is 1. The number of benzene rings is 1. The predicted molar refractivity (Wildman–Crippen MR) is 65.1 cm³/mol. The third-order valence-electron chi connectivity index (χ3n) is 3.79. The fourth-order valence-corrected chi connectivity index (χ4v) is 2.94. The van der Waals surface area contributed by atoms with Crippen LogP contribution in [0.4, 0.5) is 5.69 Å². The van der Waals surface area contributed by atoms with Crippen LogP contribution in [-0.4, -0.2) is 32.8 Å². The first-order valence-corrected chi connectivity index (χ1v) is 6.00. The summed E-state index contributed by atoms with van der Waals surface area (Å²) in [6, 6.07) is 8.98. The predicted octanol–water partition coefficient (Wildman–Crippen LogP) is 1.49. The number of nitrogens with zero attached hydrogens (tertiary/aromatic N) is 1. The van der Waals surface area contributed by atoms with Crippen molar-refractivity contribution in [1.29, 1.82) is 0 Å². The van der Waals surface area contributed by atoms with Gasteiger partial charge in [-0.3, -0.25) is 0 Å². The second-order valence-corrected chi connectivity index (χ2v) is 4.69. The Morgan fingerprint density at radius 1 is 1.31 bits per heavy atom. The third kappa shape index (κ3) is 1.55. The first-order valence-electron chi connectivity index (χ1n) is 6.00. The number of hydrogen-bond donors (Lipinski definition) is 1. The third-order valence-corrected chi connectivity index (χ3v) is 3.79. The number of para-hydroxylation sites is 2. The normalized spacial score (nSPS) is 28.2. The van der Waals surface area contributed by atoms with Crippen LogP contribution >= 0.6 is 0 Å². The van der Waals surface area contributed by atoms with Crippen LogP contribution in [0.2, 0.25) is 0 Å². The number of hydrogen-bond acceptors (Lipinski definition) is 3. The summed E-state index contributed by atoms with van der Waals surface area (Å²) in [7, 11) is 1.74. The molecule has 2 aliphatic heterocycles. The van der Waals surface area contributed by atoms with Gasteiger partial charge in [0, 0.05) is 19.1 Å². The molecule has 0 radical (unpaired) electrons. The largest absolute Gasteiger partial charge is 0.495 e. The molecule has 3 heteroatoms. The van der Waals surface area contributed by atoms with Crippen LogP contribution in [0.25, 0.3) is 0 Å². The Balaban J connectivity index is 1.83. The Labute approximate surface area is 96.4 Å². The standard InChI is InChI=1S/C13H18N2O/c1-16-13-5-3-2-4-12(13)15-8-10-6-7-14-11(10)9-15/h2-5,10-11,14H,6-9H2,1H3. The van der Waals surface area contributed by atoms with Crippen molar-refractivity contribution in [1.82, 2.24) is 5.32 Å². The van der Waals surface area contributed by atoms with Gasteiger partial charge in [-0.1, -0.05) is 12.1 Å². The van der Waals surface area contributed by atoms with E-state index in [0.29, 0.717) is 6.04 Å². The SMILES string of the molecule is COc1ccccc1N1CC2CCNC2C1. The summed E-state index contributed by atoms with van der Waals surface area (Å²) in [4.78, 5) is 2.44. The lowest BCUT2D eigenvalue weighted by Gasteiger charge is -2.21. The van der Waals surface area contributed by atoms with Crippen LogP contribution in [0.3, 0.4) is 0 Å². The van der Waals surface area contributed by atoms with Crippen molar-refractivity contribution in [3.8, 4) is 5.75 Å². The molecule has 0 aromatic heterocycles. The molecule has 3 rings (SSSR count). The van der Waals surface area contributed by atoms with Gasteiger partial charge in [-0.2, -0.15) is 0 Å². The smallest absolute Gasteiger partial charge is 0.142 e. The number of rotatable bonds is 2. The minimum Gasteiger partial charge on any atom is -0.495 e. The van der Waals surface area contributed by atoms with Gasteiger partial charge in [-0.25, -0.2) is 0 Å². The van der Waals surface area contributed by atoms with Crippen molar-refractivity contribution in [3.05, 3.63) is 24.3 Å². The molecule has 2 aliphatic rings. The van der Waals surface area contributed by atoms with Crippen molar-refractivity contribution in [2.75, 3.05) is 31.6 Å². The summed E-state index contributed by atoms with van der Waals surface area (Å²) >= 11 is 0. The highest BCUT2D eigenvalue weighted by Gasteiger charge is 2.36. The van der Waals surface area contributed by atoms with Gasteiger partial charge in [0.1, 0.15) is 5.75 Å². The van der Waals surface area contributed by atoms with E-state index in [-0.39, 0.29) is 0 Å². The lowest BCUT2D eigenvalue weighted by Crippen LogP contribution is -2.30. The van der Waals surface area contributed by atoms with E-state index in [1.807, 2.05) is 12.1 Å². The maximum absolute atomic E-state index is 5.42. The Morgan fingerprint density at radius 3 is 3.00 bits per heavy atom. The van der Waals surface area contributed by atoms with Gasteiger partial charge in [-0.05, 0) is 31.0 Å². The summed E-state index contributed by atoms with van der Waals surface area (Å²) in [6.07, 6.45) is 1.32. The molecule has 16 heavy (non-hydrogen) atoms. The summed E-state index contributed by atoms with van der Waals surface area (Å²) < 4.78 is 5.42. The molecular formula is C13H18N2O. The van der Waals surface area contributed by atoms with E-state index >= 15 is 0 Å². The van der Waals surface area contributed by atoms with Gasteiger partial charge in [0.25, 0.3) is 0 Å². The van der Waals surface area contributed by atoms with Gasteiger partial charge in [-0.15, -0.1) is 0 Å². The van der Waals surface area contributed by atoms with E-state index in [9.17, 15) is 0 Å². The summed E-state index contributed by atoms with van der Waals surface area (Å²) in [5, 5.41) is 3.57. The zero-order valence-electron chi connectivity index (χ0n) is 9.65. The lowest BCUT2D eigenvalue weighted by atomic mass is 10.1. The molecule has 2 fully saturated rings. The van der Waals surface area contributed by atoms with E-state index in [4.69, 9.17) is 4.74 Å². The molecule has 0 bridgehead atoms. The van der Waals surface area contributed by atoms with Crippen LogP contribution in [0.1, 0.15) is 6.42 Å². The molecular weight excluding hydrogens is 200 g/mol. The first kappa shape index (κ1) is 9.97. The zero-order chi connectivity index (χ0) is 11.0. The average Bonchev–Trinajstić information content (AvgIpc) is 2.89. The topological polar surface area (TPSA) is 24.5 Å². The van der Waals surface area contributed by atoms with Crippen molar-refractivity contribution in [2.45, 2.75) is 12.5 Å². The molecule has 1 aromatic rings. The van der Waals surface area contributed by atoms with Crippen LogP contribution in [0, 0.1) is 5.92 Å².